The van der Waals surface area contributed by atoms with Crippen LogP contribution in [0.1, 0.15) is 11.5 Å². The van der Waals surface area contributed by atoms with Crippen molar-refractivity contribution in [3.05, 3.63) is 41.9 Å². The maximum absolute atomic E-state index is 5.86. The number of aryl methyl sites for hydroxylation is 1. The number of H-pyrrole nitrogens is 1. The highest BCUT2D eigenvalue weighted by Gasteiger charge is 2.42. The average molecular weight is 243 g/mol. The van der Waals surface area contributed by atoms with Gasteiger partial charge < -0.3 is 15.5 Å². The van der Waals surface area contributed by atoms with Gasteiger partial charge in [-0.3, -0.25) is 0 Å². The third-order valence-corrected chi connectivity index (χ3v) is 3.58. The minimum Gasteiger partial charge on any atom is -0.379 e. The molecule has 2 aromatic rings. The van der Waals surface area contributed by atoms with Crippen LogP contribution in [0.2, 0.25) is 0 Å². The number of nitrogens with two attached hydrogens (primary N) is 1. The van der Waals surface area contributed by atoms with E-state index in [1.807, 2.05) is 25.1 Å². The first-order valence-electron chi connectivity index (χ1n) is 6.15. The number of rotatable bonds is 3. The molecule has 0 bridgehead atoms. The molecule has 1 aliphatic rings. The van der Waals surface area contributed by atoms with Crippen LogP contribution < -0.4 is 5.73 Å². The van der Waals surface area contributed by atoms with Gasteiger partial charge in [0.2, 0.25) is 0 Å². The Hall–Kier alpha value is -1.65. The second kappa shape index (κ2) is 4.23. The predicted octanol–water partition coefficient (Wildman–Crippen LogP) is 1.61. The molecular formula is C14H17N3O. The van der Waals surface area contributed by atoms with Crippen LogP contribution in [0.25, 0.3) is 11.3 Å². The number of ether oxygens (including phenoxy) is 1. The highest BCUT2D eigenvalue weighted by atomic mass is 16.5. The summed E-state index contributed by atoms with van der Waals surface area (Å²) in [5.74, 6) is 0.951. The van der Waals surface area contributed by atoms with Gasteiger partial charge >= 0.3 is 0 Å². The van der Waals surface area contributed by atoms with Gasteiger partial charge in [-0.1, -0.05) is 30.3 Å². The SMILES string of the molecule is Cc1[nH]c(C2(CN)COC2)nc1-c1ccccc1. The van der Waals surface area contributed by atoms with Gasteiger partial charge in [0.05, 0.1) is 24.3 Å². The van der Waals surface area contributed by atoms with Gasteiger partial charge in [-0.05, 0) is 6.92 Å². The zero-order chi connectivity index (χ0) is 12.6. The number of nitrogens with zero attached hydrogens (tertiary/aromatic N) is 1. The molecule has 2 heterocycles. The van der Waals surface area contributed by atoms with E-state index < -0.39 is 0 Å². The van der Waals surface area contributed by atoms with Gasteiger partial charge in [0.1, 0.15) is 5.82 Å². The van der Waals surface area contributed by atoms with Gasteiger partial charge in [-0.25, -0.2) is 4.98 Å². The molecule has 0 amide bonds. The zero-order valence-electron chi connectivity index (χ0n) is 10.4. The van der Waals surface area contributed by atoms with Crippen molar-refractivity contribution in [3.63, 3.8) is 0 Å². The first kappa shape index (κ1) is 11.4. The highest BCUT2D eigenvalue weighted by molar-refractivity contribution is 5.62. The Balaban J connectivity index is 2.01. The van der Waals surface area contributed by atoms with Crippen LogP contribution in [0.4, 0.5) is 0 Å². The standard InChI is InChI=1S/C14H17N3O/c1-10-12(11-5-3-2-4-6-11)17-13(16-10)14(7-15)8-18-9-14/h2-6H,7-9,15H2,1H3,(H,16,17). The summed E-state index contributed by atoms with van der Waals surface area (Å²) in [6, 6.07) is 10.2. The molecule has 3 N–H and O–H groups in total. The first-order valence-corrected chi connectivity index (χ1v) is 6.15. The molecule has 0 radical (unpaired) electrons. The number of hydrogen-bond acceptors (Lipinski definition) is 3. The van der Waals surface area contributed by atoms with Gasteiger partial charge in [0.25, 0.3) is 0 Å². The molecule has 4 nitrogen and oxygen atoms in total. The number of benzene rings is 1. The van der Waals surface area contributed by atoms with Crippen LogP contribution in [-0.2, 0) is 10.2 Å². The Labute approximate surface area is 106 Å². The lowest BCUT2D eigenvalue weighted by molar-refractivity contribution is -0.0590. The third-order valence-electron chi connectivity index (χ3n) is 3.58. The summed E-state index contributed by atoms with van der Waals surface area (Å²) < 4.78 is 5.30. The van der Waals surface area contributed by atoms with E-state index in [4.69, 9.17) is 15.5 Å². The lowest BCUT2D eigenvalue weighted by Gasteiger charge is -2.38. The Morgan fingerprint density at radius 3 is 2.61 bits per heavy atom. The molecule has 0 saturated carbocycles. The van der Waals surface area contributed by atoms with Crippen LogP contribution in [0.15, 0.2) is 30.3 Å². The van der Waals surface area contributed by atoms with Crippen molar-refractivity contribution < 1.29 is 4.74 Å². The smallest absolute Gasteiger partial charge is 0.119 e. The van der Waals surface area contributed by atoms with Crippen LogP contribution in [0.5, 0.6) is 0 Å². The molecule has 1 saturated heterocycles. The molecule has 18 heavy (non-hydrogen) atoms. The van der Waals surface area contributed by atoms with E-state index in [2.05, 4.69) is 17.1 Å². The fraction of sp³-hybridized carbons (Fsp3) is 0.357. The summed E-state index contributed by atoms with van der Waals surface area (Å²) in [4.78, 5) is 8.10. The van der Waals surface area contributed by atoms with Gasteiger partial charge in [-0.15, -0.1) is 0 Å². The Kier molecular flexibility index (Phi) is 2.69. The molecule has 0 unspecified atom stereocenters. The van der Waals surface area contributed by atoms with Gasteiger partial charge in [0.15, 0.2) is 0 Å². The second-order valence-electron chi connectivity index (χ2n) is 4.90. The van der Waals surface area contributed by atoms with Crippen molar-refractivity contribution >= 4 is 0 Å². The number of aromatic amines is 1. The van der Waals surface area contributed by atoms with Crippen LogP contribution in [-0.4, -0.2) is 29.7 Å². The van der Waals surface area contributed by atoms with Crippen molar-refractivity contribution in [2.24, 2.45) is 5.73 Å². The first-order chi connectivity index (χ1) is 8.75. The molecule has 0 aliphatic carbocycles. The highest BCUT2D eigenvalue weighted by Crippen LogP contribution is 2.32. The monoisotopic (exact) mass is 243 g/mol. The summed E-state index contributed by atoms with van der Waals surface area (Å²) in [5, 5.41) is 0. The minimum absolute atomic E-state index is 0.113. The number of imidazole rings is 1. The molecular weight excluding hydrogens is 226 g/mol. The second-order valence-corrected chi connectivity index (χ2v) is 4.90. The van der Waals surface area contributed by atoms with Crippen LogP contribution in [0, 0.1) is 6.92 Å². The predicted molar refractivity (Wildman–Crippen MR) is 70.3 cm³/mol. The fourth-order valence-electron chi connectivity index (χ4n) is 2.29. The van der Waals surface area contributed by atoms with Gasteiger partial charge in [0, 0.05) is 17.8 Å². The molecule has 0 spiro atoms. The number of hydrogen-bond donors (Lipinski definition) is 2. The number of nitrogens with one attached hydrogen (secondary N) is 1. The van der Waals surface area contributed by atoms with Crippen LogP contribution in [0.3, 0.4) is 0 Å². The largest absolute Gasteiger partial charge is 0.379 e. The summed E-state index contributed by atoms with van der Waals surface area (Å²) in [6.07, 6.45) is 0. The molecule has 1 fully saturated rings. The van der Waals surface area contributed by atoms with E-state index in [1.54, 1.807) is 0 Å². The molecule has 1 aromatic carbocycles. The maximum Gasteiger partial charge on any atom is 0.119 e. The van der Waals surface area contributed by atoms with Crippen molar-refractivity contribution in [1.29, 1.82) is 0 Å². The Morgan fingerprint density at radius 2 is 2.06 bits per heavy atom. The fourth-order valence-corrected chi connectivity index (χ4v) is 2.29. The lowest BCUT2D eigenvalue weighted by atomic mass is 9.85. The van der Waals surface area contributed by atoms with Crippen molar-refractivity contribution in [2.45, 2.75) is 12.3 Å². The van der Waals surface area contributed by atoms with E-state index >= 15 is 0 Å². The summed E-state index contributed by atoms with van der Waals surface area (Å²) in [5.41, 5.74) is 8.96. The van der Waals surface area contributed by atoms with E-state index in [0.717, 1.165) is 22.8 Å². The topological polar surface area (TPSA) is 63.9 Å². The molecule has 1 aliphatic heterocycles. The third kappa shape index (κ3) is 1.65. The zero-order valence-corrected chi connectivity index (χ0v) is 10.4. The van der Waals surface area contributed by atoms with Crippen molar-refractivity contribution in [2.75, 3.05) is 19.8 Å². The Bertz CT molecular complexity index is 538. The molecule has 3 rings (SSSR count). The molecule has 1 aromatic heterocycles. The normalized spacial score (nSPS) is 17.4. The maximum atomic E-state index is 5.86. The number of aromatic nitrogens is 2. The Morgan fingerprint density at radius 1 is 1.33 bits per heavy atom. The van der Waals surface area contributed by atoms with Crippen molar-refractivity contribution in [1.82, 2.24) is 9.97 Å². The van der Waals surface area contributed by atoms with E-state index in [0.29, 0.717) is 19.8 Å². The lowest BCUT2D eigenvalue weighted by Crippen LogP contribution is -2.53. The average Bonchev–Trinajstić information content (AvgIpc) is 2.72. The summed E-state index contributed by atoms with van der Waals surface area (Å²) >= 11 is 0. The minimum atomic E-state index is -0.113. The van der Waals surface area contributed by atoms with E-state index in [1.165, 1.54) is 0 Å². The van der Waals surface area contributed by atoms with E-state index in [9.17, 15) is 0 Å². The molecule has 94 valence electrons. The molecule has 4 heteroatoms. The summed E-state index contributed by atoms with van der Waals surface area (Å²) in [6.45, 7) is 3.92. The van der Waals surface area contributed by atoms with E-state index in [-0.39, 0.29) is 5.41 Å². The molecule has 0 atom stereocenters. The summed E-state index contributed by atoms with van der Waals surface area (Å²) in [7, 11) is 0. The van der Waals surface area contributed by atoms with Gasteiger partial charge in [-0.2, -0.15) is 0 Å². The van der Waals surface area contributed by atoms with Crippen molar-refractivity contribution in [3.8, 4) is 11.3 Å². The van der Waals surface area contributed by atoms with Crippen LogP contribution >= 0.6 is 0 Å². The quantitative estimate of drug-likeness (QED) is 0.861.